The zero-order valence-electron chi connectivity index (χ0n) is 5.71. The predicted octanol–water partition coefficient (Wildman–Crippen LogP) is -3.05. The highest BCUT2D eigenvalue weighted by molar-refractivity contribution is 7.79. The zero-order chi connectivity index (χ0) is 10.6. The van der Waals surface area contributed by atoms with Crippen molar-refractivity contribution in [2.75, 3.05) is 0 Å². The average molecular weight is 203 g/mol. The molecule has 0 aliphatic heterocycles. The molecule has 0 fully saturated rings. The number of hydrogen-bond donors (Lipinski definition) is 6. The van der Waals surface area contributed by atoms with E-state index in [-0.39, 0.29) is 0 Å². The Bertz CT molecular complexity index is 230. The summed E-state index contributed by atoms with van der Waals surface area (Å²) in [6, 6.07) is 0. The second-order valence-electron chi connectivity index (χ2n) is 1.69. The van der Waals surface area contributed by atoms with Gasteiger partial charge in [-0.15, -0.1) is 0 Å². The molecule has 0 saturated heterocycles. The van der Waals surface area contributed by atoms with Crippen molar-refractivity contribution in [1.82, 2.24) is 0 Å². The summed E-state index contributed by atoms with van der Waals surface area (Å²) in [7, 11) is -4.67. The first-order chi connectivity index (χ1) is 4.94. The van der Waals surface area contributed by atoms with Crippen LogP contribution in [0.4, 0.5) is 0 Å². The molecule has 12 heavy (non-hydrogen) atoms. The van der Waals surface area contributed by atoms with Crippen molar-refractivity contribution in [3.05, 3.63) is 0 Å². The number of nitrogens with two attached hydrogens (primary N) is 3. The van der Waals surface area contributed by atoms with Gasteiger partial charge in [-0.3, -0.25) is 26.3 Å². The highest BCUT2D eigenvalue weighted by atomic mass is 32.3. The van der Waals surface area contributed by atoms with Crippen LogP contribution in [-0.2, 0) is 15.2 Å². The molecule has 0 amide bonds. The third kappa shape index (κ3) is 22.9. The van der Waals surface area contributed by atoms with Crippen molar-refractivity contribution >= 4 is 16.4 Å². The maximum absolute atomic E-state index is 9.65. The van der Waals surface area contributed by atoms with Gasteiger partial charge in [0.2, 0.25) is 5.79 Å². The summed E-state index contributed by atoms with van der Waals surface area (Å²) in [5.41, 5.74) is 13.9. The maximum Gasteiger partial charge on any atom is 0.394 e. The monoisotopic (exact) mass is 203 g/mol. The first kappa shape index (κ1) is 13.8. The standard InChI is InChI=1S/C2H7N3O2.H2O4S/c3-2(4,5)1(6)7;1-5(2,3)4/h3-5H2,(H,6,7);(H2,1,2,3,4). The Morgan fingerprint density at radius 2 is 1.25 bits per heavy atom. The van der Waals surface area contributed by atoms with E-state index in [2.05, 4.69) is 17.2 Å². The maximum atomic E-state index is 9.65. The lowest BCUT2D eigenvalue weighted by atomic mass is 10.4. The van der Waals surface area contributed by atoms with Gasteiger partial charge in [0.25, 0.3) is 0 Å². The second-order valence-corrected chi connectivity index (χ2v) is 2.58. The molecule has 0 spiro atoms. The lowest BCUT2D eigenvalue weighted by molar-refractivity contribution is -0.142. The van der Waals surface area contributed by atoms with Crippen molar-refractivity contribution in [1.29, 1.82) is 0 Å². The first-order valence-electron chi connectivity index (χ1n) is 2.24. The van der Waals surface area contributed by atoms with E-state index >= 15 is 0 Å². The van der Waals surface area contributed by atoms with Crippen LogP contribution < -0.4 is 17.2 Å². The van der Waals surface area contributed by atoms with E-state index in [0.717, 1.165) is 0 Å². The minimum Gasteiger partial charge on any atom is -0.478 e. The topological polar surface area (TPSA) is 190 Å². The fraction of sp³-hybridized carbons (Fsp3) is 0.500. The van der Waals surface area contributed by atoms with Gasteiger partial charge in [0.15, 0.2) is 0 Å². The molecule has 0 bridgehead atoms. The lowest BCUT2D eigenvalue weighted by Gasteiger charge is -2.09. The molecule has 0 aliphatic rings. The lowest BCUT2D eigenvalue weighted by Crippen LogP contribution is -2.64. The Morgan fingerprint density at radius 3 is 1.25 bits per heavy atom. The van der Waals surface area contributed by atoms with E-state index in [1.165, 1.54) is 0 Å². The molecule has 0 saturated carbocycles. The number of carboxylic acids is 1. The van der Waals surface area contributed by atoms with E-state index in [9.17, 15) is 4.79 Å². The molecular formula is C2H9N3O6S. The predicted molar refractivity (Wildman–Crippen MR) is 37.1 cm³/mol. The molecule has 0 atom stereocenters. The summed E-state index contributed by atoms with van der Waals surface area (Å²) in [5, 5.41) is 7.88. The number of hydrogen-bond acceptors (Lipinski definition) is 6. The molecule has 0 radical (unpaired) electrons. The van der Waals surface area contributed by atoms with E-state index in [0.29, 0.717) is 0 Å². The summed E-state index contributed by atoms with van der Waals surface area (Å²) in [5.74, 6) is -3.51. The van der Waals surface area contributed by atoms with E-state index in [1.807, 2.05) is 0 Å². The van der Waals surface area contributed by atoms with E-state index in [4.69, 9.17) is 22.6 Å². The van der Waals surface area contributed by atoms with Crippen LogP contribution in [0, 0.1) is 0 Å². The molecule has 0 aliphatic carbocycles. The van der Waals surface area contributed by atoms with E-state index in [1.54, 1.807) is 0 Å². The minimum atomic E-state index is -4.67. The van der Waals surface area contributed by atoms with Crippen LogP contribution in [0.1, 0.15) is 0 Å². The third-order valence-corrected chi connectivity index (χ3v) is 0.370. The molecule has 10 heteroatoms. The highest BCUT2D eigenvalue weighted by Crippen LogP contribution is 1.71. The SMILES string of the molecule is NC(N)(N)C(=O)O.O=S(=O)(O)O. The molecule has 0 aromatic carbocycles. The number of carbonyl (C=O) groups is 1. The van der Waals surface area contributed by atoms with Crippen LogP contribution in [-0.4, -0.2) is 34.4 Å². The van der Waals surface area contributed by atoms with Gasteiger partial charge in [-0.1, -0.05) is 0 Å². The van der Waals surface area contributed by atoms with Crippen molar-refractivity contribution in [3.63, 3.8) is 0 Å². The number of carboxylic acid groups (broad SMARTS) is 1. The average Bonchev–Trinajstić information content (AvgIpc) is 1.55. The Kier molecular flexibility index (Phi) is 4.94. The van der Waals surface area contributed by atoms with E-state index < -0.39 is 22.2 Å². The summed E-state index contributed by atoms with van der Waals surface area (Å²) in [6.45, 7) is 0. The van der Waals surface area contributed by atoms with Gasteiger partial charge in [0.05, 0.1) is 0 Å². The van der Waals surface area contributed by atoms with Crippen LogP contribution >= 0.6 is 0 Å². The Morgan fingerprint density at radius 1 is 1.17 bits per heavy atom. The Balaban J connectivity index is 0. The summed E-state index contributed by atoms with van der Waals surface area (Å²) in [6.07, 6.45) is 0. The van der Waals surface area contributed by atoms with Crippen LogP contribution in [0.15, 0.2) is 0 Å². The molecule has 74 valence electrons. The Labute approximate surface area is 67.7 Å². The molecule has 0 heterocycles. The zero-order valence-corrected chi connectivity index (χ0v) is 6.52. The van der Waals surface area contributed by atoms with Gasteiger partial charge >= 0.3 is 16.4 Å². The normalized spacial score (nSPS) is 11.4. The van der Waals surface area contributed by atoms with Gasteiger partial charge in [-0.25, -0.2) is 4.79 Å². The van der Waals surface area contributed by atoms with Crippen molar-refractivity contribution in [2.45, 2.75) is 5.79 Å². The van der Waals surface area contributed by atoms with Crippen molar-refractivity contribution < 1.29 is 27.4 Å². The Hall–Kier alpha value is -0.780. The highest BCUT2D eigenvalue weighted by Gasteiger charge is 2.21. The molecule has 0 aromatic rings. The van der Waals surface area contributed by atoms with Gasteiger partial charge in [0.1, 0.15) is 0 Å². The summed E-state index contributed by atoms with van der Waals surface area (Å²) >= 11 is 0. The quantitative estimate of drug-likeness (QED) is 0.190. The smallest absolute Gasteiger partial charge is 0.394 e. The van der Waals surface area contributed by atoms with Gasteiger partial charge in [-0.05, 0) is 0 Å². The van der Waals surface area contributed by atoms with Crippen LogP contribution in [0.5, 0.6) is 0 Å². The summed E-state index contributed by atoms with van der Waals surface area (Å²) < 4.78 is 31.6. The van der Waals surface area contributed by atoms with Gasteiger partial charge in [-0.2, -0.15) is 8.42 Å². The van der Waals surface area contributed by atoms with Crippen LogP contribution in [0.2, 0.25) is 0 Å². The van der Waals surface area contributed by atoms with Crippen molar-refractivity contribution in [2.24, 2.45) is 17.2 Å². The molecule has 0 rings (SSSR count). The van der Waals surface area contributed by atoms with Crippen LogP contribution in [0.3, 0.4) is 0 Å². The fourth-order valence-electron chi connectivity index (χ4n) is 0. The second kappa shape index (κ2) is 4.30. The van der Waals surface area contributed by atoms with Crippen LogP contribution in [0.25, 0.3) is 0 Å². The first-order valence-corrected chi connectivity index (χ1v) is 3.64. The third-order valence-electron chi connectivity index (χ3n) is 0.370. The number of rotatable bonds is 1. The molecular weight excluding hydrogens is 194 g/mol. The summed E-state index contributed by atoms with van der Waals surface area (Å²) in [4.78, 5) is 9.65. The van der Waals surface area contributed by atoms with Gasteiger partial charge < -0.3 is 5.11 Å². The fourth-order valence-corrected chi connectivity index (χ4v) is 0. The molecule has 0 aromatic heterocycles. The minimum absolute atomic E-state index is 1.42. The number of aliphatic carboxylic acids is 1. The molecule has 9 nitrogen and oxygen atoms in total. The molecule has 0 unspecified atom stereocenters. The largest absolute Gasteiger partial charge is 0.478 e. The van der Waals surface area contributed by atoms with Crippen molar-refractivity contribution in [3.8, 4) is 0 Å². The van der Waals surface area contributed by atoms with Gasteiger partial charge in [0, 0.05) is 0 Å². The molecule has 9 N–H and O–H groups in total.